The lowest BCUT2D eigenvalue weighted by Gasteiger charge is -2.02. The van der Waals surface area contributed by atoms with Crippen molar-refractivity contribution < 1.29 is 13.9 Å². The van der Waals surface area contributed by atoms with Gasteiger partial charge in [-0.25, -0.2) is 0 Å². The molecule has 2 aromatic heterocycles. The number of benzene rings is 1. The number of hydrogen-bond acceptors (Lipinski definition) is 6. The van der Waals surface area contributed by atoms with E-state index in [0.29, 0.717) is 15.9 Å². The van der Waals surface area contributed by atoms with E-state index in [2.05, 4.69) is 15.5 Å². The van der Waals surface area contributed by atoms with Gasteiger partial charge in [-0.05, 0) is 37.1 Å². The van der Waals surface area contributed by atoms with Gasteiger partial charge >= 0.3 is 0 Å². The van der Waals surface area contributed by atoms with Crippen LogP contribution in [0, 0.1) is 0 Å². The van der Waals surface area contributed by atoms with E-state index in [9.17, 15) is 4.79 Å². The summed E-state index contributed by atoms with van der Waals surface area (Å²) in [6, 6.07) is 10.6. The van der Waals surface area contributed by atoms with Crippen LogP contribution in [0.5, 0.6) is 0 Å². The van der Waals surface area contributed by atoms with Gasteiger partial charge in [0, 0.05) is 12.2 Å². The SMILES string of the molecule is O=C(Nc1nnc([C@H]2CCCO2)s1)c1ccc(-c2ccccc2Cl)o1. The largest absolute Gasteiger partial charge is 0.451 e. The van der Waals surface area contributed by atoms with Crippen LogP contribution in [-0.4, -0.2) is 22.7 Å². The van der Waals surface area contributed by atoms with Crippen LogP contribution in [0.2, 0.25) is 5.02 Å². The molecule has 128 valence electrons. The summed E-state index contributed by atoms with van der Waals surface area (Å²) >= 11 is 7.47. The van der Waals surface area contributed by atoms with Crippen LogP contribution in [0.4, 0.5) is 5.13 Å². The molecule has 25 heavy (non-hydrogen) atoms. The molecule has 1 amide bonds. The number of carbonyl (C=O) groups is 1. The highest BCUT2D eigenvalue weighted by atomic mass is 35.5. The second-order valence-corrected chi connectivity index (χ2v) is 6.96. The molecule has 0 spiro atoms. The number of halogens is 1. The first kappa shape index (κ1) is 16.3. The lowest BCUT2D eigenvalue weighted by Crippen LogP contribution is -2.10. The standard InChI is InChI=1S/C17H14ClN3O3S/c18-11-5-2-1-4-10(11)12-7-8-13(24-12)15(22)19-17-21-20-16(25-17)14-6-3-9-23-14/h1-2,4-5,7-8,14H,3,6,9H2,(H,19,21,22)/t14-/m1/s1. The minimum absolute atomic E-state index is 0.0152. The van der Waals surface area contributed by atoms with Crippen molar-refractivity contribution in [2.45, 2.75) is 18.9 Å². The van der Waals surface area contributed by atoms with Crippen molar-refractivity contribution >= 4 is 34.0 Å². The smallest absolute Gasteiger partial charge is 0.293 e. The fourth-order valence-electron chi connectivity index (χ4n) is 2.61. The molecule has 1 saturated heterocycles. The molecular formula is C17H14ClN3O3S. The maximum atomic E-state index is 12.3. The second kappa shape index (κ2) is 6.95. The summed E-state index contributed by atoms with van der Waals surface area (Å²) in [6.45, 7) is 0.739. The Morgan fingerprint density at radius 1 is 1.24 bits per heavy atom. The molecule has 4 rings (SSSR count). The van der Waals surface area contributed by atoms with Crippen LogP contribution in [0.15, 0.2) is 40.8 Å². The quantitative estimate of drug-likeness (QED) is 0.723. The monoisotopic (exact) mass is 375 g/mol. The third-order valence-corrected chi connectivity index (χ3v) is 5.10. The number of hydrogen-bond donors (Lipinski definition) is 1. The number of nitrogens with zero attached hydrogens (tertiary/aromatic N) is 2. The predicted octanol–water partition coefficient (Wildman–Crippen LogP) is 4.56. The molecule has 1 atom stereocenters. The van der Waals surface area contributed by atoms with Gasteiger partial charge in [0.15, 0.2) is 5.76 Å². The summed E-state index contributed by atoms with van der Waals surface area (Å²) < 4.78 is 11.2. The van der Waals surface area contributed by atoms with Gasteiger partial charge in [-0.1, -0.05) is 35.1 Å². The first-order valence-corrected chi connectivity index (χ1v) is 9.01. The Hall–Kier alpha value is -2.22. The van der Waals surface area contributed by atoms with Crippen molar-refractivity contribution in [2.24, 2.45) is 0 Å². The minimum atomic E-state index is -0.381. The first-order chi connectivity index (χ1) is 12.2. The van der Waals surface area contributed by atoms with Gasteiger partial charge in [-0.2, -0.15) is 0 Å². The van der Waals surface area contributed by atoms with Crippen LogP contribution in [0.3, 0.4) is 0 Å². The number of carbonyl (C=O) groups excluding carboxylic acids is 1. The number of rotatable bonds is 4. The van der Waals surface area contributed by atoms with Gasteiger partial charge < -0.3 is 9.15 Å². The van der Waals surface area contributed by atoms with E-state index in [-0.39, 0.29) is 17.8 Å². The van der Waals surface area contributed by atoms with Crippen molar-refractivity contribution in [1.29, 1.82) is 0 Å². The normalized spacial score (nSPS) is 16.9. The molecule has 0 unspecified atom stereocenters. The van der Waals surface area contributed by atoms with Gasteiger partial charge in [-0.15, -0.1) is 10.2 Å². The number of anilines is 1. The molecular weight excluding hydrogens is 362 g/mol. The fourth-order valence-corrected chi connectivity index (χ4v) is 3.66. The maximum absolute atomic E-state index is 12.3. The van der Waals surface area contributed by atoms with E-state index in [1.54, 1.807) is 18.2 Å². The van der Waals surface area contributed by atoms with Crippen LogP contribution >= 0.6 is 22.9 Å². The van der Waals surface area contributed by atoms with Gasteiger partial charge in [0.25, 0.3) is 5.91 Å². The Morgan fingerprint density at radius 3 is 2.92 bits per heavy atom. The lowest BCUT2D eigenvalue weighted by molar-refractivity contribution is 0.0997. The molecule has 0 radical (unpaired) electrons. The molecule has 0 bridgehead atoms. The number of ether oxygens (including phenoxy) is 1. The first-order valence-electron chi connectivity index (χ1n) is 7.82. The van der Waals surface area contributed by atoms with Gasteiger partial charge in [0.05, 0.1) is 5.02 Å². The van der Waals surface area contributed by atoms with Gasteiger partial charge in [0.2, 0.25) is 5.13 Å². The maximum Gasteiger partial charge on any atom is 0.293 e. The minimum Gasteiger partial charge on any atom is -0.451 e. The molecule has 1 aliphatic heterocycles. The molecule has 0 saturated carbocycles. The molecule has 8 heteroatoms. The molecule has 6 nitrogen and oxygen atoms in total. The van der Waals surface area contributed by atoms with Crippen molar-refractivity contribution in [3.8, 4) is 11.3 Å². The van der Waals surface area contributed by atoms with Crippen molar-refractivity contribution in [3.63, 3.8) is 0 Å². The third-order valence-electron chi connectivity index (χ3n) is 3.84. The van der Waals surface area contributed by atoms with Crippen LogP contribution in [0.1, 0.15) is 34.5 Å². The molecule has 0 aliphatic carbocycles. The average Bonchev–Trinajstić information content (AvgIpc) is 3.36. The number of nitrogens with one attached hydrogen (secondary N) is 1. The Bertz CT molecular complexity index is 902. The Balaban J connectivity index is 1.48. The number of aromatic nitrogens is 2. The molecule has 1 aromatic carbocycles. The van der Waals surface area contributed by atoms with Crippen molar-refractivity contribution in [2.75, 3.05) is 11.9 Å². The van der Waals surface area contributed by atoms with E-state index in [1.165, 1.54) is 11.3 Å². The second-order valence-electron chi connectivity index (χ2n) is 5.54. The zero-order chi connectivity index (χ0) is 17.2. The summed E-state index contributed by atoms with van der Waals surface area (Å²) in [4.78, 5) is 12.3. The third kappa shape index (κ3) is 3.44. The predicted molar refractivity (Wildman–Crippen MR) is 94.9 cm³/mol. The fraction of sp³-hybridized carbons (Fsp3) is 0.235. The zero-order valence-electron chi connectivity index (χ0n) is 13.1. The van der Waals surface area contributed by atoms with Crippen molar-refractivity contribution in [1.82, 2.24) is 10.2 Å². The summed E-state index contributed by atoms with van der Waals surface area (Å²) in [7, 11) is 0. The number of amides is 1. The van der Waals surface area contributed by atoms with E-state index in [4.69, 9.17) is 20.8 Å². The van der Waals surface area contributed by atoms with E-state index >= 15 is 0 Å². The number of furan rings is 1. The van der Waals surface area contributed by atoms with Crippen LogP contribution < -0.4 is 5.32 Å². The van der Waals surface area contributed by atoms with E-state index in [0.717, 1.165) is 30.0 Å². The van der Waals surface area contributed by atoms with Crippen molar-refractivity contribution in [3.05, 3.63) is 52.2 Å². The summed E-state index contributed by atoms with van der Waals surface area (Å²) in [5.41, 5.74) is 0.736. The summed E-state index contributed by atoms with van der Waals surface area (Å²) in [5.74, 6) is 0.338. The topological polar surface area (TPSA) is 77.2 Å². The molecule has 1 fully saturated rings. The van der Waals surface area contributed by atoms with E-state index in [1.807, 2.05) is 18.2 Å². The Kier molecular flexibility index (Phi) is 4.52. The van der Waals surface area contributed by atoms with E-state index < -0.39 is 0 Å². The van der Waals surface area contributed by atoms with Gasteiger partial charge in [0.1, 0.15) is 16.9 Å². The van der Waals surface area contributed by atoms with Crippen LogP contribution in [0.25, 0.3) is 11.3 Å². The van der Waals surface area contributed by atoms with Crippen LogP contribution in [-0.2, 0) is 4.74 Å². The highest BCUT2D eigenvalue weighted by Crippen LogP contribution is 2.32. The molecule has 1 aliphatic rings. The van der Waals surface area contributed by atoms with Gasteiger partial charge in [-0.3, -0.25) is 10.1 Å². The Labute approximate surface area is 152 Å². The molecule has 3 aromatic rings. The summed E-state index contributed by atoms with van der Waals surface area (Å²) in [5, 5.41) is 12.6. The highest BCUT2D eigenvalue weighted by Gasteiger charge is 2.23. The lowest BCUT2D eigenvalue weighted by atomic mass is 10.2. The molecule has 3 heterocycles. The Morgan fingerprint density at radius 2 is 2.12 bits per heavy atom. The highest BCUT2D eigenvalue weighted by molar-refractivity contribution is 7.15. The molecule has 1 N–H and O–H groups in total. The zero-order valence-corrected chi connectivity index (χ0v) is 14.6. The average molecular weight is 376 g/mol. The summed E-state index contributed by atoms with van der Waals surface area (Å²) in [6.07, 6.45) is 1.93.